The molecule has 0 aromatic heterocycles. The predicted octanol–water partition coefficient (Wildman–Crippen LogP) is 8.63. The van der Waals surface area contributed by atoms with E-state index in [2.05, 4.69) is 24.8 Å². The van der Waals surface area contributed by atoms with Gasteiger partial charge in [-0.1, -0.05) is 54.6 Å². The van der Waals surface area contributed by atoms with Crippen molar-refractivity contribution in [1.82, 2.24) is 0 Å². The van der Waals surface area contributed by atoms with Crippen LogP contribution in [-0.4, -0.2) is 0 Å². The summed E-state index contributed by atoms with van der Waals surface area (Å²) in [5, 5.41) is 0. The number of benzene rings is 2. The Morgan fingerprint density at radius 3 is 2.39 bits per heavy atom. The molecule has 2 aliphatic carbocycles. The van der Waals surface area contributed by atoms with Gasteiger partial charge in [0, 0.05) is 5.56 Å². The minimum atomic E-state index is -0.731. The maximum atomic E-state index is 14.8. The Morgan fingerprint density at radius 2 is 1.65 bits per heavy atom. The number of hydrogen-bond donors (Lipinski definition) is 0. The van der Waals surface area contributed by atoms with E-state index in [1.807, 2.05) is 31.2 Å². The number of fused-ring (bicyclic) bond motifs is 1. The van der Waals surface area contributed by atoms with Crippen molar-refractivity contribution in [2.24, 2.45) is 17.8 Å². The third kappa shape index (κ3) is 4.84. The van der Waals surface area contributed by atoms with Crippen molar-refractivity contribution >= 4 is 0 Å². The highest BCUT2D eigenvalue weighted by Gasteiger charge is 2.35. The van der Waals surface area contributed by atoms with Crippen molar-refractivity contribution < 1.29 is 8.78 Å². The van der Waals surface area contributed by atoms with Crippen LogP contribution < -0.4 is 0 Å². The normalized spacial score (nSPS) is 26.0. The number of hydrogen-bond acceptors (Lipinski definition) is 0. The van der Waals surface area contributed by atoms with Gasteiger partial charge in [-0.2, -0.15) is 0 Å². The first-order valence-corrected chi connectivity index (χ1v) is 11.9. The summed E-state index contributed by atoms with van der Waals surface area (Å²) < 4.78 is 29.3. The topological polar surface area (TPSA) is 0 Å². The molecule has 0 aliphatic heterocycles. The molecule has 0 heterocycles. The van der Waals surface area contributed by atoms with Gasteiger partial charge in [0.2, 0.25) is 0 Å². The SMILES string of the molecule is C=CC1CCC2CC(c3ccc(-c4ccc(CC/C=C/C)c(F)c4F)cc3)CCC2C1. The zero-order valence-electron chi connectivity index (χ0n) is 18.6. The van der Waals surface area contributed by atoms with E-state index >= 15 is 0 Å². The highest BCUT2D eigenvalue weighted by molar-refractivity contribution is 5.65. The molecular weight excluding hydrogens is 386 g/mol. The van der Waals surface area contributed by atoms with Gasteiger partial charge in [-0.25, -0.2) is 8.78 Å². The lowest BCUT2D eigenvalue weighted by Crippen LogP contribution is -2.29. The number of allylic oxidation sites excluding steroid dienone is 3. The summed E-state index contributed by atoms with van der Waals surface area (Å²) in [6.07, 6.45) is 15.0. The fourth-order valence-corrected chi connectivity index (χ4v) is 5.79. The Bertz CT molecular complexity index is 924. The largest absolute Gasteiger partial charge is 0.203 e. The van der Waals surface area contributed by atoms with Crippen LogP contribution in [0.2, 0.25) is 0 Å². The first kappa shape index (κ1) is 22.0. The molecule has 2 saturated carbocycles. The van der Waals surface area contributed by atoms with Gasteiger partial charge in [0.1, 0.15) is 0 Å². The molecule has 0 amide bonds. The molecule has 0 bridgehead atoms. The predicted molar refractivity (Wildman–Crippen MR) is 126 cm³/mol. The summed E-state index contributed by atoms with van der Waals surface area (Å²) in [5.41, 5.74) is 2.89. The fourth-order valence-electron chi connectivity index (χ4n) is 5.79. The van der Waals surface area contributed by atoms with Crippen LogP contribution in [0.3, 0.4) is 0 Å². The second-order valence-electron chi connectivity index (χ2n) is 9.47. The van der Waals surface area contributed by atoms with Gasteiger partial charge in [0.05, 0.1) is 0 Å². The van der Waals surface area contributed by atoms with Crippen LogP contribution >= 0.6 is 0 Å². The third-order valence-electron chi connectivity index (χ3n) is 7.66. The number of rotatable bonds is 6. The maximum absolute atomic E-state index is 14.8. The van der Waals surface area contributed by atoms with E-state index in [4.69, 9.17) is 0 Å². The summed E-state index contributed by atoms with van der Waals surface area (Å²) in [6.45, 7) is 5.93. The molecular formula is C29H34F2. The fraction of sp³-hybridized carbons (Fsp3) is 0.448. The molecule has 0 radical (unpaired) electrons. The van der Waals surface area contributed by atoms with Crippen molar-refractivity contribution in [3.05, 3.63) is 84.0 Å². The molecule has 2 heteroatoms. The van der Waals surface area contributed by atoms with E-state index in [9.17, 15) is 8.78 Å². The van der Waals surface area contributed by atoms with E-state index in [-0.39, 0.29) is 0 Å². The Balaban J connectivity index is 1.45. The van der Waals surface area contributed by atoms with E-state index < -0.39 is 11.6 Å². The first-order valence-electron chi connectivity index (χ1n) is 11.9. The summed E-state index contributed by atoms with van der Waals surface area (Å²) in [4.78, 5) is 0. The minimum absolute atomic E-state index is 0.352. The molecule has 0 spiro atoms. The Labute approximate surface area is 186 Å². The van der Waals surface area contributed by atoms with Crippen LogP contribution in [0.15, 0.2) is 61.2 Å². The lowest BCUT2D eigenvalue weighted by Gasteiger charge is -2.41. The van der Waals surface area contributed by atoms with Crippen molar-refractivity contribution in [2.45, 2.75) is 64.2 Å². The van der Waals surface area contributed by atoms with Crippen molar-refractivity contribution in [3.63, 3.8) is 0 Å². The highest BCUT2D eigenvalue weighted by Crippen LogP contribution is 2.47. The molecule has 0 saturated heterocycles. The quantitative estimate of drug-likeness (QED) is 0.410. The molecule has 164 valence electrons. The molecule has 0 nitrogen and oxygen atoms in total. The molecule has 4 unspecified atom stereocenters. The molecule has 2 aromatic carbocycles. The van der Waals surface area contributed by atoms with E-state index in [1.165, 1.54) is 44.1 Å². The minimum Gasteiger partial charge on any atom is -0.203 e. The smallest absolute Gasteiger partial charge is 0.166 e. The van der Waals surface area contributed by atoms with Crippen LogP contribution in [0, 0.1) is 29.4 Å². The molecule has 31 heavy (non-hydrogen) atoms. The van der Waals surface area contributed by atoms with Gasteiger partial charge < -0.3 is 0 Å². The standard InChI is InChI=1S/C29H34F2/c1-3-5-6-7-23-16-17-27(29(31)28(23)30)22-12-10-21(11-13-22)25-15-14-24-18-20(4-2)8-9-26(24)19-25/h3-5,10-13,16-17,20,24-26H,2,6-9,14-15,18-19H2,1H3/b5-3+. The summed E-state index contributed by atoms with van der Waals surface area (Å²) in [6, 6.07) is 11.6. The van der Waals surface area contributed by atoms with E-state index in [0.717, 1.165) is 23.8 Å². The van der Waals surface area contributed by atoms with Crippen molar-refractivity contribution in [2.75, 3.05) is 0 Å². The monoisotopic (exact) mass is 420 g/mol. The number of aryl methyl sites for hydroxylation is 1. The molecule has 0 N–H and O–H groups in total. The highest BCUT2D eigenvalue weighted by atomic mass is 19.2. The maximum Gasteiger partial charge on any atom is 0.166 e. The zero-order valence-corrected chi connectivity index (χ0v) is 18.6. The lowest BCUT2D eigenvalue weighted by atomic mass is 9.64. The average Bonchev–Trinajstić information content (AvgIpc) is 2.81. The summed E-state index contributed by atoms with van der Waals surface area (Å²) in [5.74, 6) is 1.55. The second kappa shape index (κ2) is 9.94. The third-order valence-corrected chi connectivity index (χ3v) is 7.66. The Kier molecular flexibility index (Phi) is 7.05. The molecule has 2 aliphatic rings. The van der Waals surface area contributed by atoms with Crippen LogP contribution in [0.5, 0.6) is 0 Å². The first-order chi connectivity index (χ1) is 15.1. The van der Waals surface area contributed by atoms with Crippen molar-refractivity contribution in [1.29, 1.82) is 0 Å². The van der Waals surface area contributed by atoms with Gasteiger partial charge in [0.15, 0.2) is 11.6 Å². The van der Waals surface area contributed by atoms with E-state index in [0.29, 0.717) is 29.4 Å². The van der Waals surface area contributed by atoms with Crippen LogP contribution in [-0.2, 0) is 6.42 Å². The lowest BCUT2D eigenvalue weighted by molar-refractivity contribution is 0.133. The summed E-state index contributed by atoms with van der Waals surface area (Å²) in [7, 11) is 0. The van der Waals surface area contributed by atoms with Crippen LogP contribution in [0.4, 0.5) is 8.78 Å². The van der Waals surface area contributed by atoms with Gasteiger partial charge in [-0.15, -0.1) is 6.58 Å². The molecule has 4 atom stereocenters. The second-order valence-corrected chi connectivity index (χ2v) is 9.47. The van der Waals surface area contributed by atoms with E-state index in [1.54, 1.807) is 12.1 Å². The average molecular weight is 421 g/mol. The Hall–Kier alpha value is -2.22. The van der Waals surface area contributed by atoms with Gasteiger partial charge in [0.25, 0.3) is 0 Å². The molecule has 4 rings (SSSR count). The summed E-state index contributed by atoms with van der Waals surface area (Å²) >= 11 is 0. The number of halogens is 2. The zero-order chi connectivity index (χ0) is 21.8. The Morgan fingerprint density at radius 1 is 0.903 bits per heavy atom. The molecule has 2 aromatic rings. The van der Waals surface area contributed by atoms with Gasteiger partial charge in [-0.05, 0) is 98.7 Å². The van der Waals surface area contributed by atoms with Crippen LogP contribution in [0.25, 0.3) is 11.1 Å². The molecule has 2 fully saturated rings. The van der Waals surface area contributed by atoms with Gasteiger partial charge >= 0.3 is 0 Å². The van der Waals surface area contributed by atoms with Gasteiger partial charge in [-0.3, -0.25) is 0 Å². The van der Waals surface area contributed by atoms with Crippen molar-refractivity contribution in [3.8, 4) is 11.1 Å². The van der Waals surface area contributed by atoms with Crippen LogP contribution in [0.1, 0.15) is 68.9 Å².